The molecule has 0 fully saturated rings. The SMILES string of the molecule is CCC(CC)(CC(=O)OC)NC(=O)CC(N)c1ccccc1.Cl. The standard InChI is InChI=1S/C17H26N2O3.ClH/c1-4-17(5-2,12-16(21)22-3)19-15(20)11-14(18)13-9-7-6-8-10-13;/h6-10,14H,4-5,11-12,18H2,1-3H3,(H,19,20);1H. The van der Waals surface area contributed by atoms with Crippen LogP contribution in [-0.2, 0) is 14.3 Å². The molecule has 1 atom stereocenters. The summed E-state index contributed by atoms with van der Waals surface area (Å²) in [6, 6.07) is 9.15. The van der Waals surface area contributed by atoms with Crippen molar-refractivity contribution in [2.75, 3.05) is 7.11 Å². The minimum Gasteiger partial charge on any atom is -0.469 e. The largest absolute Gasteiger partial charge is 0.469 e. The van der Waals surface area contributed by atoms with Crippen LogP contribution in [0.2, 0.25) is 0 Å². The summed E-state index contributed by atoms with van der Waals surface area (Å²) in [5.74, 6) is -0.472. The molecule has 0 radical (unpaired) electrons. The maximum atomic E-state index is 12.3. The molecule has 130 valence electrons. The Kier molecular flexibility index (Phi) is 9.53. The van der Waals surface area contributed by atoms with Gasteiger partial charge in [-0.2, -0.15) is 0 Å². The molecule has 0 heterocycles. The van der Waals surface area contributed by atoms with Crippen LogP contribution in [0.3, 0.4) is 0 Å². The molecule has 0 spiro atoms. The van der Waals surface area contributed by atoms with Crippen LogP contribution in [0.25, 0.3) is 0 Å². The second-order valence-electron chi connectivity index (χ2n) is 5.51. The zero-order valence-corrected chi connectivity index (χ0v) is 14.8. The van der Waals surface area contributed by atoms with Crippen molar-refractivity contribution in [2.45, 2.75) is 51.1 Å². The van der Waals surface area contributed by atoms with Crippen molar-refractivity contribution < 1.29 is 14.3 Å². The predicted molar refractivity (Wildman–Crippen MR) is 93.3 cm³/mol. The average Bonchev–Trinajstić information content (AvgIpc) is 2.54. The van der Waals surface area contributed by atoms with Gasteiger partial charge in [0.1, 0.15) is 0 Å². The Hall–Kier alpha value is -1.59. The molecule has 23 heavy (non-hydrogen) atoms. The molecule has 5 nitrogen and oxygen atoms in total. The molecule has 0 bridgehead atoms. The first kappa shape index (κ1) is 21.4. The monoisotopic (exact) mass is 342 g/mol. The van der Waals surface area contributed by atoms with E-state index >= 15 is 0 Å². The number of benzene rings is 1. The van der Waals surface area contributed by atoms with E-state index in [0.29, 0.717) is 12.8 Å². The molecular weight excluding hydrogens is 316 g/mol. The van der Waals surface area contributed by atoms with Gasteiger partial charge >= 0.3 is 5.97 Å². The predicted octanol–water partition coefficient (Wildman–Crippen LogP) is 2.74. The summed E-state index contributed by atoms with van der Waals surface area (Å²) >= 11 is 0. The maximum absolute atomic E-state index is 12.3. The van der Waals surface area contributed by atoms with Crippen LogP contribution in [0.5, 0.6) is 0 Å². The summed E-state index contributed by atoms with van der Waals surface area (Å²) in [4.78, 5) is 23.9. The Balaban J connectivity index is 0.00000484. The maximum Gasteiger partial charge on any atom is 0.307 e. The van der Waals surface area contributed by atoms with E-state index in [-0.39, 0.29) is 43.2 Å². The van der Waals surface area contributed by atoms with E-state index in [9.17, 15) is 9.59 Å². The fourth-order valence-electron chi connectivity index (χ4n) is 2.43. The van der Waals surface area contributed by atoms with Gasteiger partial charge in [0.25, 0.3) is 0 Å². The molecule has 1 amide bonds. The molecule has 1 rings (SSSR count). The van der Waals surface area contributed by atoms with Gasteiger partial charge in [-0.1, -0.05) is 44.2 Å². The van der Waals surface area contributed by atoms with Crippen LogP contribution in [0.4, 0.5) is 0 Å². The third-order valence-electron chi connectivity index (χ3n) is 4.10. The van der Waals surface area contributed by atoms with Crippen molar-refractivity contribution in [1.82, 2.24) is 5.32 Å². The molecule has 0 saturated carbocycles. The summed E-state index contributed by atoms with van der Waals surface area (Å²) < 4.78 is 4.73. The first-order chi connectivity index (χ1) is 10.5. The smallest absolute Gasteiger partial charge is 0.307 e. The van der Waals surface area contributed by atoms with Gasteiger partial charge in [0.2, 0.25) is 5.91 Å². The number of carbonyl (C=O) groups excluding carboxylic acids is 2. The van der Waals surface area contributed by atoms with E-state index in [1.807, 2.05) is 44.2 Å². The molecule has 0 saturated heterocycles. The zero-order chi connectivity index (χ0) is 16.6. The van der Waals surface area contributed by atoms with Crippen molar-refractivity contribution >= 4 is 24.3 Å². The molecule has 1 aromatic rings. The van der Waals surface area contributed by atoms with E-state index in [1.165, 1.54) is 7.11 Å². The molecule has 3 N–H and O–H groups in total. The topological polar surface area (TPSA) is 81.4 Å². The van der Waals surface area contributed by atoms with Crippen LogP contribution >= 0.6 is 12.4 Å². The number of nitrogens with one attached hydrogen (secondary N) is 1. The number of hydrogen-bond acceptors (Lipinski definition) is 4. The lowest BCUT2D eigenvalue weighted by Gasteiger charge is -2.32. The summed E-state index contributed by atoms with van der Waals surface area (Å²) in [6.07, 6.45) is 1.67. The first-order valence-electron chi connectivity index (χ1n) is 7.64. The van der Waals surface area contributed by atoms with Crippen LogP contribution < -0.4 is 11.1 Å². The highest BCUT2D eigenvalue weighted by atomic mass is 35.5. The lowest BCUT2D eigenvalue weighted by atomic mass is 9.88. The first-order valence-corrected chi connectivity index (χ1v) is 7.64. The normalized spacial score (nSPS) is 12.0. The average molecular weight is 343 g/mol. The second kappa shape index (κ2) is 10.2. The number of halogens is 1. The number of ether oxygens (including phenoxy) is 1. The van der Waals surface area contributed by atoms with Gasteiger partial charge in [0.15, 0.2) is 0 Å². The number of amides is 1. The van der Waals surface area contributed by atoms with Crippen LogP contribution in [0.1, 0.15) is 51.1 Å². The van der Waals surface area contributed by atoms with E-state index in [4.69, 9.17) is 10.5 Å². The molecule has 6 heteroatoms. The van der Waals surface area contributed by atoms with E-state index < -0.39 is 5.54 Å². The lowest BCUT2D eigenvalue weighted by molar-refractivity contribution is -0.142. The third kappa shape index (κ3) is 6.59. The number of rotatable bonds is 8. The van der Waals surface area contributed by atoms with E-state index in [1.54, 1.807) is 0 Å². The molecular formula is C17H27ClN2O3. The van der Waals surface area contributed by atoms with Crippen molar-refractivity contribution in [3.63, 3.8) is 0 Å². The second-order valence-corrected chi connectivity index (χ2v) is 5.51. The van der Waals surface area contributed by atoms with Crippen molar-refractivity contribution in [3.05, 3.63) is 35.9 Å². The van der Waals surface area contributed by atoms with Crippen LogP contribution in [0, 0.1) is 0 Å². The molecule has 0 aliphatic rings. The Labute approximate surface area is 144 Å². The minimum atomic E-state index is -0.569. The number of nitrogens with two attached hydrogens (primary N) is 1. The third-order valence-corrected chi connectivity index (χ3v) is 4.10. The molecule has 1 unspecified atom stereocenters. The molecule has 0 aromatic heterocycles. The highest BCUT2D eigenvalue weighted by molar-refractivity contribution is 5.85. The van der Waals surface area contributed by atoms with E-state index in [2.05, 4.69) is 5.32 Å². The van der Waals surface area contributed by atoms with Crippen LogP contribution in [-0.4, -0.2) is 24.5 Å². The number of hydrogen-bond donors (Lipinski definition) is 2. The van der Waals surface area contributed by atoms with Gasteiger partial charge in [-0.15, -0.1) is 12.4 Å². The quantitative estimate of drug-likeness (QED) is 0.712. The minimum absolute atomic E-state index is 0. The zero-order valence-electron chi connectivity index (χ0n) is 14.0. The van der Waals surface area contributed by atoms with Crippen molar-refractivity contribution in [2.24, 2.45) is 5.73 Å². The van der Waals surface area contributed by atoms with Gasteiger partial charge < -0.3 is 15.8 Å². The number of methoxy groups -OCH3 is 1. The highest BCUT2D eigenvalue weighted by Gasteiger charge is 2.31. The molecule has 0 aliphatic carbocycles. The van der Waals surface area contributed by atoms with Gasteiger partial charge in [-0.25, -0.2) is 0 Å². The van der Waals surface area contributed by atoms with E-state index in [0.717, 1.165) is 5.56 Å². The summed E-state index contributed by atoms with van der Waals surface area (Å²) in [5, 5.41) is 2.98. The fraction of sp³-hybridized carbons (Fsp3) is 0.529. The summed E-state index contributed by atoms with van der Waals surface area (Å²) in [6.45, 7) is 3.90. The number of esters is 1. The fourth-order valence-corrected chi connectivity index (χ4v) is 2.43. The lowest BCUT2D eigenvalue weighted by Crippen LogP contribution is -2.49. The highest BCUT2D eigenvalue weighted by Crippen LogP contribution is 2.22. The number of carbonyl (C=O) groups is 2. The summed E-state index contributed by atoms with van der Waals surface area (Å²) in [7, 11) is 1.35. The van der Waals surface area contributed by atoms with Gasteiger partial charge in [-0.05, 0) is 18.4 Å². The van der Waals surface area contributed by atoms with Gasteiger partial charge in [0.05, 0.1) is 13.5 Å². The van der Waals surface area contributed by atoms with Crippen molar-refractivity contribution in [3.8, 4) is 0 Å². The Morgan fingerprint density at radius 2 is 1.78 bits per heavy atom. The molecule has 0 aliphatic heterocycles. The van der Waals surface area contributed by atoms with Gasteiger partial charge in [-0.3, -0.25) is 9.59 Å². The van der Waals surface area contributed by atoms with Crippen molar-refractivity contribution in [1.29, 1.82) is 0 Å². The Morgan fingerprint density at radius 3 is 2.26 bits per heavy atom. The van der Waals surface area contributed by atoms with Gasteiger partial charge in [0, 0.05) is 18.0 Å². The Bertz CT molecular complexity index is 490. The van der Waals surface area contributed by atoms with Crippen LogP contribution in [0.15, 0.2) is 30.3 Å². The molecule has 1 aromatic carbocycles. The Morgan fingerprint density at radius 1 is 1.22 bits per heavy atom. The summed E-state index contributed by atoms with van der Waals surface area (Å²) in [5.41, 5.74) is 6.42.